The molecule has 3 nitrogen and oxygen atoms in total. The maximum Gasteiger partial charge on any atom is 0.0638 e. The van der Waals surface area contributed by atoms with Crippen molar-refractivity contribution in [3.63, 3.8) is 0 Å². The molecular formula is C10H18N2O. The summed E-state index contributed by atoms with van der Waals surface area (Å²) >= 11 is 0. The van der Waals surface area contributed by atoms with Crippen molar-refractivity contribution in [1.29, 1.82) is 5.26 Å². The van der Waals surface area contributed by atoms with Crippen LogP contribution in [0.2, 0.25) is 0 Å². The Morgan fingerprint density at radius 1 is 1.62 bits per heavy atom. The fraction of sp³-hybridized carbons (Fsp3) is 0.900. The Morgan fingerprint density at radius 3 is 2.69 bits per heavy atom. The molecule has 0 aromatic rings. The minimum Gasteiger partial charge on any atom is -0.393 e. The third-order valence-corrected chi connectivity index (χ3v) is 2.90. The summed E-state index contributed by atoms with van der Waals surface area (Å²) in [4.78, 5) is 2.21. The standard InChI is InChI=1S/C10H18N2O/c1-8(3-4-11)12(2)7-9-5-10(13)6-9/h8-10,13H,3,5-7H2,1-2H3. The first-order valence-corrected chi connectivity index (χ1v) is 4.88. The van der Waals surface area contributed by atoms with E-state index in [0.717, 1.165) is 19.4 Å². The molecule has 1 saturated carbocycles. The number of aliphatic hydroxyl groups is 1. The van der Waals surface area contributed by atoms with Crippen LogP contribution in [0.4, 0.5) is 0 Å². The van der Waals surface area contributed by atoms with Gasteiger partial charge in [0.2, 0.25) is 0 Å². The van der Waals surface area contributed by atoms with Gasteiger partial charge in [0, 0.05) is 12.6 Å². The second kappa shape index (κ2) is 4.59. The zero-order valence-electron chi connectivity index (χ0n) is 8.40. The summed E-state index contributed by atoms with van der Waals surface area (Å²) in [6.45, 7) is 3.08. The largest absolute Gasteiger partial charge is 0.393 e. The summed E-state index contributed by atoms with van der Waals surface area (Å²) in [7, 11) is 2.05. The van der Waals surface area contributed by atoms with E-state index in [1.165, 1.54) is 0 Å². The summed E-state index contributed by atoms with van der Waals surface area (Å²) in [5.74, 6) is 0.640. The van der Waals surface area contributed by atoms with Crippen LogP contribution in [0.3, 0.4) is 0 Å². The van der Waals surface area contributed by atoms with Gasteiger partial charge in [0.25, 0.3) is 0 Å². The molecule has 0 saturated heterocycles. The van der Waals surface area contributed by atoms with Crippen molar-refractivity contribution in [3.8, 4) is 6.07 Å². The summed E-state index contributed by atoms with van der Waals surface area (Å²) in [5, 5.41) is 17.6. The quantitative estimate of drug-likeness (QED) is 0.705. The van der Waals surface area contributed by atoms with Crippen molar-refractivity contribution >= 4 is 0 Å². The van der Waals surface area contributed by atoms with Crippen molar-refractivity contribution in [2.75, 3.05) is 13.6 Å². The smallest absolute Gasteiger partial charge is 0.0638 e. The number of rotatable bonds is 4. The average molecular weight is 182 g/mol. The van der Waals surface area contributed by atoms with E-state index in [0.29, 0.717) is 18.4 Å². The van der Waals surface area contributed by atoms with E-state index >= 15 is 0 Å². The normalized spacial score (nSPS) is 29.5. The molecule has 1 aliphatic carbocycles. The van der Waals surface area contributed by atoms with E-state index in [-0.39, 0.29) is 6.10 Å². The minimum atomic E-state index is -0.0651. The molecule has 0 aliphatic heterocycles. The molecule has 0 amide bonds. The molecule has 1 atom stereocenters. The molecule has 13 heavy (non-hydrogen) atoms. The van der Waals surface area contributed by atoms with Gasteiger partial charge in [0.05, 0.1) is 18.6 Å². The lowest BCUT2D eigenvalue weighted by Crippen LogP contribution is -2.40. The van der Waals surface area contributed by atoms with Gasteiger partial charge in [-0.05, 0) is 32.7 Å². The van der Waals surface area contributed by atoms with Gasteiger partial charge in [0.15, 0.2) is 0 Å². The van der Waals surface area contributed by atoms with Crippen LogP contribution in [0, 0.1) is 17.2 Å². The van der Waals surface area contributed by atoms with Crippen LogP contribution in [0.5, 0.6) is 0 Å². The Labute approximate surface area is 80.0 Å². The summed E-state index contributed by atoms with van der Waals surface area (Å²) in [6.07, 6.45) is 2.39. The molecule has 0 radical (unpaired) electrons. The maximum atomic E-state index is 9.10. The molecule has 3 heteroatoms. The van der Waals surface area contributed by atoms with Crippen LogP contribution < -0.4 is 0 Å². The molecular weight excluding hydrogens is 164 g/mol. The van der Waals surface area contributed by atoms with Gasteiger partial charge in [-0.25, -0.2) is 0 Å². The number of aliphatic hydroxyl groups excluding tert-OH is 1. The van der Waals surface area contributed by atoms with Gasteiger partial charge >= 0.3 is 0 Å². The first kappa shape index (κ1) is 10.5. The van der Waals surface area contributed by atoms with Crippen LogP contribution in [0.25, 0.3) is 0 Å². The molecule has 0 spiro atoms. The molecule has 74 valence electrons. The van der Waals surface area contributed by atoms with E-state index < -0.39 is 0 Å². The maximum absolute atomic E-state index is 9.10. The monoisotopic (exact) mass is 182 g/mol. The molecule has 0 heterocycles. The zero-order valence-corrected chi connectivity index (χ0v) is 8.40. The first-order chi connectivity index (χ1) is 6.13. The van der Waals surface area contributed by atoms with Crippen molar-refractivity contribution in [3.05, 3.63) is 0 Å². The lowest BCUT2D eigenvalue weighted by atomic mass is 9.82. The lowest BCUT2D eigenvalue weighted by molar-refractivity contribution is 0.0234. The van der Waals surface area contributed by atoms with Gasteiger partial charge in [-0.3, -0.25) is 0 Å². The Kier molecular flexibility index (Phi) is 3.71. The van der Waals surface area contributed by atoms with Gasteiger partial charge < -0.3 is 10.0 Å². The second-order valence-corrected chi connectivity index (χ2v) is 4.14. The molecule has 0 bridgehead atoms. The highest BCUT2D eigenvalue weighted by atomic mass is 16.3. The molecule has 1 rings (SSSR count). The molecule has 1 aliphatic rings. The van der Waals surface area contributed by atoms with Gasteiger partial charge in [-0.2, -0.15) is 5.26 Å². The van der Waals surface area contributed by atoms with E-state index in [9.17, 15) is 0 Å². The zero-order chi connectivity index (χ0) is 9.84. The van der Waals surface area contributed by atoms with E-state index in [2.05, 4.69) is 17.9 Å². The Balaban J connectivity index is 2.17. The van der Waals surface area contributed by atoms with Crippen molar-refractivity contribution < 1.29 is 5.11 Å². The third-order valence-electron chi connectivity index (χ3n) is 2.90. The summed E-state index contributed by atoms with van der Waals surface area (Å²) in [5.41, 5.74) is 0. The van der Waals surface area contributed by atoms with E-state index in [1.807, 2.05) is 7.05 Å². The molecule has 1 N–H and O–H groups in total. The Hall–Kier alpha value is -0.590. The molecule has 1 unspecified atom stereocenters. The number of nitriles is 1. The molecule has 1 fully saturated rings. The van der Waals surface area contributed by atoms with Crippen LogP contribution in [-0.4, -0.2) is 35.7 Å². The predicted octanol–water partition coefficient (Wildman–Crippen LogP) is 0.991. The van der Waals surface area contributed by atoms with Crippen molar-refractivity contribution in [2.45, 2.75) is 38.3 Å². The van der Waals surface area contributed by atoms with Gasteiger partial charge in [-0.1, -0.05) is 0 Å². The van der Waals surface area contributed by atoms with Gasteiger partial charge in [0.1, 0.15) is 0 Å². The summed E-state index contributed by atoms with van der Waals surface area (Å²) in [6, 6.07) is 2.51. The molecule has 0 aromatic carbocycles. The van der Waals surface area contributed by atoms with Crippen LogP contribution in [-0.2, 0) is 0 Å². The number of hydrogen-bond donors (Lipinski definition) is 1. The number of nitrogens with zero attached hydrogens (tertiary/aromatic N) is 2. The van der Waals surface area contributed by atoms with Crippen molar-refractivity contribution in [2.24, 2.45) is 5.92 Å². The van der Waals surface area contributed by atoms with Crippen LogP contribution >= 0.6 is 0 Å². The highest BCUT2D eigenvalue weighted by Gasteiger charge is 2.28. The molecule has 0 aromatic heterocycles. The lowest BCUT2D eigenvalue weighted by Gasteiger charge is -2.36. The van der Waals surface area contributed by atoms with Gasteiger partial charge in [-0.15, -0.1) is 0 Å². The van der Waals surface area contributed by atoms with Crippen molar-refractivity contribution in [1.82, 2.24) is 4.90 Å². The minimum absolute atomic E-state index is 0.0651. The second-order valence-electron chi connectivity index (χ2n) is 4.14. The van der Waals surface area contributed by atoms with Crippen LogP contribution in [0.15, 0.2) is 0 Å². The van der Waals surface area contributed by atoms with Crippen LogP contribution in [0.1, 0.15) is 26.2 Å². The Morgan fingerprint density at radius 2 is 2.23 bits per heavy atom. The number of hydrogen-bond acceptors (Lipinski definition) is 3. The topological polar surface area (TPSA) is 47.3 Å². The Bertz CT molecular complexity index is 194. The van der Waals surface area contributed by atoms with E-state index in [1.54, 1.807) is 0 Å². The highest BCUT2D eigenvalue weighted by Crippen LogP contribution is 2.28. The first-order valence-electron chi connectivity index (χ1n) is 4.88. The van der Waals surface area contributed by atoms with E-state index in [4.69, 9.17) is 10.4 Å². The highest BCUT2D eigenvalue weighted by molar-refractivity contribution is 4.84. The third kappa shape index (κ3) is 2.98. The SMILES string of the molecule is CC(CC#N)N(C)CC1CC(O)C1. The average Bonchev–Trinajstić information content (AvgIpc) is 2.02. The predicted molar refractivity (Wildman–Crippen MR) is 51.1 cm³/mol. The summed E-state index contributed by atoms with van der Waals surface area (Å²) < 4.78 is 0. The fourth-order valence-electron chi connectivity index (χ4n) is 1.72. The fourth-order valence-corrected chi connectivity index (χ4v) is 1.72.